The van der Waals surface area contributed by atoms with Gasteiger partial charge in [0.25, 0.3) is 0 Å². The monoisotopic (exact) mass is 305 g/mol. The first-order valence-electron chi connectivity index (χ1n) is 7.54. The van der Waals surface area contributed by atoms with Crippen LogP contribution in [0.15, 0.2) is 18.2 Å². The van der Waals surface area contributed by atoms with E-state index < -0.39 is 17.9 Å². The summed E-state index contributed by atoms with van der Waals surface area (Å²) < 4.78 is 5.09. The van der Waals surface area contributed by atoms with Crippen LogP contribution in [0.1, 0.15) is 35.6 Å². The molecule has 0 saturated carbocycles. The molecule has 0 radical (unpaired) electrons. The molecule has 5 nitrogen and oxygen atoms in total. The van der Waals surface area contributed by atoms with E-state index in [2.05, 4.69) is 0 Å². The maximum atomic E-state index is 12.3. The predicted molar refractivity (Wildman–Crippen MR) is 82.6 cm³/mol. The van der Waals surface area contributed by atoms with E-state index in [-0.39, 0.29) is 12.3 Å². The Morgan fingerprint density at radius 1 is 1.41 bits per heavy atom. The maximum absolute atomic E-state index is 12.3. The van der Waals surface area contributed by atoms with Crippen LogP contribution in [-0.2, 0) is 14.3 Å². The zero-order chi connectivity index (χ0) is 16.3. The Morgan fingerprint density at radius 2 is 2.14 bits per heavy atom. The van der Waals surface area contributed by atoms with Gasteiger partial charge in [0.05, 0.1) is 18.6 Å². The van der Waals surface area contributed by atoms with E-state index in [0.717, 1.165) is 16.7 Å². The lowest BCUT2D eigenvalue weighted by Crippen LogP contribution is -2.46. The Kier molecular flexibility index (Phi) is 5.19. The van der Waals surface area contributed by atoms with Crippen LogP contribution >= 0.6 is 0 Å². The fourth-order valence-corrected chi connectivity index (χ4v) is 3.14. The molecule has 1 aromatic carbocycles. The Bertz CT molecular complexity index is 570. The Labute approximate surface area is 130 Å². The highest BCUT2D eigenvalue weighted by atomic mass is 16.5. The summed E-state index contributed by atoms with van der Waals surface area (Å²) in [5.41, 5.74) is 3.08. The summed E-state index contributed by atoms with van der Waals surface area (Å²) in [7, 11) is 1.58. The zero-order valence-corrected chi connectivity index (χ0v) is 13.3. The molecule has 22 heavy (non-hydrogen) atoms. The number of methoxy groups -OCH3 is 1. The lowest BCUT2D eigenvalue weighted by Gasteiger charge is -2.40. The quantitative estimate of drug-likeness (QED) is 0.906. The van der Waals surface area contributed by atoms with Gasteiger partial charge in [0, 0.05) is 20.1 Å². The molecular weight excluding hydrogens is 282 g/mol. The third-order valence-corrected chi connectivity index (χ3v) is 4.53. The number of aliphatic carboxylic acids is 1. The van der Waals surface area contributed by atoms with E-state index in [1.165, 1.54) is 0 Å². The van der Waals surface area contributed by atoms with Crippen LogP contribution in [0.2, 0.25) is 0 Å². The Balaban J connectivity index is 2.47. The summed E-state index contributed by atoms with van der Waals surface area (Å²) in [5.74, 6) is -1.42. The van der Waals surface area contributed by atoms with Crippen molar-refractivity contribution in [3.63, 3.8) is 0 Å². The summed E-state index contributed by atoms with van der Waals surface area (Å²) >= 11 is 0. The van der Waals surface area contributed by atoms with Crippen molar-refractivity contribution in [2.45, 2.75) is 32.7 Å². The number of carbonyl (C=O) groups is 2. The van der Waals surface area contributed by atoms with Crippen molar-refractivity contribution in [2.75, 3.05) is 20.3 Å². The van der Waals surface area contributed by atoms with E-state index in [4.69, 9.17) is 4.74 Å². The average Bonchev–Trinajstić information content (AvgIpc) is 2.48. The SMILES string of the molecule is COCCN1C(=O)CC[C@H](C(=O)O)[C@H]1c1cccc(C)c1C. The van der Waals surface area contributed by atoms with Gasteiger partial charge in [0.1, 0.15) is 0 Å². The van der Waals surface area contributed by atoms with Crippen LogP contribution in [0.4, 0.5) is 0 Å². The number of aryl methyl sites for hydroxylation is 1. The van der Waals surface area contributed by atoms with E-state index in [9.17, 15) is 14.7 Å². The molecule has 0 unspecified atom stereocenters. The van der Waals surface area contributed by atoms with Crippen molar-refractivity contribution in [3.8, 4) is 0 Å². The second-order valence-corrected chi connectivity index (χ2v) is 5.80. The van der Waals surface area contributed by atoms with Crippen LogP contribution in [0.25, 0.3) is 0 Å². The summed E-state index contributed by atoms with van der Waals surface area (Å²) in [6.07, 6.45) is 0.664. The normalized spacial score (nSPS) is 22.0. The van der Waals surface area contributed by atoms with Gasteiger partial charge in [-0.3, -0.25) is 9.59 Å². The lowest BCUT2D eigenvalue weighted by molar-refractivity contribution is -0.152. The Morgan fingerprint density at radius 3 is 2.77 bits per heavy atom. The van der Waals surface area contributed by atoms with Crippen molar-refractivity contribution in [1.82, 2.24) is 4.90 Å². The highest BCUT2D eigenvalue weighted by Gasteiger charge is 2.41. The van der Waals surface area contributed by atoms with Crippen LogP contribution < -0.4 is 0 Å². The topological polar surface area (TPSA) is 66.8 Å². The van der Waals surface area contributed by atoms with Crippen molar-refractivity contribution < 1.29 is 19.4 Å². The highest BCUT2D eigenvalue weighted by molar-refractivity contribution is 5.82. The fourth-order valence-electron chi connectivity index (χ4n) is 3.14. The van der Waals surface area contributed by atoms with Crippen molar-refractivity contribution in [3.05, 3.63) is 34.9 Å². The molecule has 2 atom stereocenters. The third kappa shape index (κ3) is 3.14. The molecule has 1 N–H and O–H groups in total. The molecule has 1 amide bonds. The lowest BCUT2D eigenvalue weighted by atomic mass is 9.82. The molecule has 5 heteroatoms. The molecule has 0 aromatic heterocycles. The van der Waals surface area contributed by atoms with Crippen molar-refractivity contribution in [1.29, 1.82) is 0 Å². The molecule has 1 aliphatic rings. The summed E-state index contributed by atoms with van der Waals surface area (Å²) in [4.78, 5) is 25.7. The number of hydrogen-bond donors (Lipinski definition) is 1. The predicted octanol–water partition coefficient (Wildman–Crippen LogP) is 2.31. The van der Waals surface area contributed by atoms with E-state index in [1.807, 2.05) is 32.0 Å². The third-order valence-electron chi connectivity index (χ3n) is 4.53. The molecule has 1 fully saturated rings. The minimum Gasteiger partial charge on any atom is -0.481 e. The number of piperidine rings is 1. The number of carbonyl (C=O) groups excluding carboxylic acids is 1. The van der Waals surface area contributed by atoms with Gasteiger partial charge in [-0.25, -0.2) is 0 Å². The smallest absolute Gasteiger partial charge is 0.308 e. The fraction of sp³-hybridized carbons (Fsp3) is 0.529. The molecule has 1 heterocycles. The molecule has 1 saturated heterocycles. The van der Waals surface area contributed by atoms with Crippen molar-refractivity contribution in [2.24, 2.45) is 5.92 Å². The largest absolute Gasteiger partial charge is 0.481 e. The van der Waals surface area contributed by atoms with Crippen LogP contribution in [-0.4, -0.2) is 42.1 Å². The van der Waals surface area contributed by atoms with Gasteiger partial charge in [0.2, 0.25) is 5.91 Å². The van der Waals surface area contributed by atoms with Gasteiger partial charge in [-0.1, -0.05) is 18.2 Å². The molecular formula is C17H23NO4. The zero-order valence-electron chi connectivity index (χ0n) is 13.3. The molecule has 1 aliphatic heterocycles. The van der Waals surface area contributed by atoms with Gasteiger partial charge in [-0.15, -0.1) is 0 Å². The second-order valence-electron chi connectivity index (χ2n) is 5.80. The number of carboxylic acids is 1. The minimum absolute atomic E-state index is 0.000422. The van der Waals surface area contributed by atoms with Crippen LogP contribution in [0.3, 0.4) is 0 Å². The molecule has 2 rings (SSSR count). The average molecular weight is 305 g/mol. The van der Waals surface area contributed by atoms with Gasteiger partial charge < -0.3 is 14.7 Å². The van der Waals surface area contributed by atoms with Gasteiger partial charge in [-0.05, 0) is 37.0 Å². The molecule has 0 bridgehead atoms. The maximum Gasteiger partial charge on any atom is 0.308 e. The first kappa shape index (κ1) is 16.5. The highest BCUT2D eigenvalue weighted by Crippen LogP contribution is 2.38. The van der Waals surface area contributed by atoms with E-state index in [1.54, 1.807) is 12.0 Å². The van der Waals surface area contributed by atoms with Crippen LogP contribution in [0, 0.1) is 19.8 Å². The second kappa shape index (κ2) is 6.92. The molecule has 0 aliphatic carbocycles. The van der Waals surface area contributed by atoms with Gasteiger partial charge in [0.15, 0.2) is 0 Å². The van der Waals surface area contributed by atoms with E-state index >= 15 is 0 Å². The van der Waals surface area contributed by atoms with Crippen molar-refractivity contribution >= 4 is 11.9 Å². The first-order chi connectivity index (χ1) is 10.5. The number of nitrogens with zero attached hydrogens (tertiary/aromatic N) is 1. The summed E-state index contributed by atoms with van der Waals surface area (Å²) in [6.45, 7) is 4.80. The molecule has 120 valence electrons. The number of amides is 1. The number of hydrogen-bond acceptors (Lipinski definition) is 3. The number of ether oxygens (including phenoxy) is 1. The number of benzene rings is 1. The minimum atomic E-state index is -0.846. The number of likely N-dealkylation sites (tertiary alicyclic amines) is 1. The summed E-state index contributed by atoms with van der Waals surface area (Å²) in [5, 5.41) is 9.59. The first-order valence-corrected chi connectivity index (χ1v) is 7.54. The summed E-state index contributed by atoms with van der Waals surface area (Å²) in [6, 6.07) is 5.43. The van der Waals surface area contributed by atoms with Gasteiger partial charge >= 0.3 is 5.97 Å². The Hall–Kier alpha value is -1.88. The molecule has 1 aromatic rings. The number of rotatable bonds is 5. The molecule has 0 spiro atoms. The number of carboxylic acid groups (broad SMARTS) is 1. The standard InChI is InChI=1S/C17H23NO4/c1-11-5-4-6-13(12(11)2)16-14(17(20)21)7-8-15(19)18(16)9-10-22-3/h4-6,14,16H,7-10H2,1-3H3,(H,20,21)/t14-,16+/m0/s1. The van der Waals surface area contributed by atoms with Gasteiger partial charge in [-0.2, -0.15) is 0 Å². The van der Waals surface area contributed by atoms with Crippen LogP contribution in [0.5, 0.6) is 0 Å². The van der Waals surface area contributed by atoms with E-state index in [0.29, 0.717) is 19.6 Å².